The Morgan fingerprint density at radius 3 is 2.94 bits per heavy atom. The second kappa shape index (κ2) is 5.05. The van der Waals surface area contributed by atoms with Gasteiger partial charge in [0.2, 0.25) is 0 Å². The fraction of sp³-hybridized carbons (Fsp3) is 0.455. The number of nitrogens with zero attached hydrogens (tertiary/aromatic N) is 2. The van der Waals surface area contributed by atoms with Crippen LogP contribution in [-0.4, -0.2) is 46.8 Å². The largest absolute Gasteiger partial charge is 0.480 e. The molecule has 1 aliphatic rings. The normalized spacial score (nSPS) is 16.1. The minimum absolute atomic E-state index is 0.0446. The molecule has 0 aromatic carbocycles. The van der Waals surface area contributed by atoms with Gasteiger partial charge in [-0.2, -0.15) is 0 Å². The lowest BCUT2D eigenvalue weighted by Crippen LogP contribution is -2.50. The summed E-state index contributed by atoms with van der Waals surface area (Å²) in [5.74, 6) is -0.809. The van der Waals surface area contributed by atoms with Crippen LogP contribution in [0.25, 0.3) is 0 Å². The first-order chi connectivity index (χ1) is 7.75. The van der Waals surface area contributed by atoms with E-state index in [2.05, 4.69) is 4.98 Å². The van der Waals surface area contributed by atoms with Gasteiger partial charge in [0.15, 0.2) is 0 Å². The van der Waals surface area contributed by atoms with Gasteiger partial charge in [-0.1, -0.05) is 6.07 Å². The number of carbonyl (C=O) groups is 1. The molecule has 1 saturated heterocycles. The van der Waals surface area contributed by atoms with Crippen LogP contribution in [-0.2, 0) is 16.1 Å². The summed E-state index contributed by atoms with van der Waals surface area (Å²) in [7, 11) is 0. The van der Waals surface area contributed by atoms with Crippen molar-refractivity contribution in [3.05, 3.63) is 30.1 Å². The third-order valence-corrected chi connectivity index (χ3v) is 2.58. The van der Waals surface area contributed by atoms with Crippen LogP contribution < -0.4 is 0 Å². The van der Waals surface area contributed by atoms with Gasteiger partial charge in [-0.3, -0.25) is 14.7 Å². The van der Waals surface area contributed by atoms with Crippen molar-refractivity contribution in [3.8, 4) is 0 Å². The van der Waals surface area contributed by atoms with E-state index in [0.29, 0.717) is 19.8 Å². The van der Waals surface area contributed by atoms with Gasteiger partial charge in [-0.25, -0.2) is 0 Å². The molecule has 2 rings (SSSR count). The van der Waals surface area contributed by atoms with Gasteiger partial charge in [-0.05, 0) is 11.6 Å². The molecule has 0 unspecified atom stereocenters. The Balaban J connectivity index is 1.98. The van der Waals surface area contributed by atoms with Gasteiger partial charge in [0.25, 0.3) is 0 Å². The highest BCUT2D eigenvalue weighted by molar-refractivity contribution is 5.69. The Kier molecular flexibility index (Phi) is 3.48. The molecule has 0 bridgehead atoms. The first-order valence-electron chi connectivity index (χ1n) is 5.18. The summed E-state index contributed by atoms with van der Waals surface area (Å²) in [5, 5.41) is 8.83. The summed E-state index contributed by atoms with van der Waals surface area (Å²) in [5.41, 5.74) is 1.02. The number of aromatic nitrogens is 1. The zero-order chi connectivity index (χ0) is 11.4. The van der Waals surface area contributed by atoms with Crippen molar-refractivity contribution in [2.45, 2.75) is 12.6 Å². The van der Waals surface area contributed by atoms with Crippen LogP contribution in [0.4, 0.5) is 0 Å². The van der Waals surface area contributed by atoms with Crippen LogP contribution in [0.3, 0.4) is 0 Å². The SMILES string of the molecule is O=C(O)CN(Cc1cccnc1)C1COC1. The number of carboxylic acid groups (broad SMARTS) is 1. The third kappa shape index (κ3) is 2.77. The van der Waals surface area contributed by atoms with Crippen molar-refractivity contribution in [1.29, 1.82) is 0 Å². The first-order valence-corrected chi connectivity index (χ1v) is 5.18. The van der Waals surface area contributed by atoms with Gasteiger partial charge in [0, 0.05) is 18.9 Å². The van der Waals surface area contributed by atoms with Crippen molar-refractivity contribution in [2.24, 2.45) is 0 Å². The molecule has 0 radical (unpaired) electrons. The molecular weight excluding hydrogens is 208 g/mol. The van der Waals surface area contributed by atoms with Crippen LogP contribution in [0.1, 0.15) is 5.56 Å². The van der Waals surface area contributed by atoms with E-state index in [4.69, 9.17) is 9.84 Å². The number of aliphatic carboxylic acids is 1. The van der Waals surface area contributed by atoms with E-state index < -0.39 is 5.97 Å². The van der Waals surface area contributed by atoms with E-state index in [1.807, 2.05) is 17.0 Å². The second-order valence-electron chi connectivity index (χ2n) is 3.85. The summed E-state index contributed by atoms with van der Waals surface area (Å²) >= 11 is 0. The zero-order valence-corrected chi connectivity index (χ0v) is 8.87. The average molecular weight is 222 g/mol. The Bertz CT molecular complexity index is 352. The maximum Gasteiger partial charge on any atom is 0.317 e. The molecule has 1 N–H and O–H groups in total. The lowest BCUT2D eigenvalue weighted by Gasteiger charge is -2.36. The van der Waals surface area contributed by atoms with Crippen LogP contribution in [0, 0.1) is 0 Å². The average Bonchev–Trinajstić information content (AvgIpc) is 2.15. The van der Waals surface area contributed by atoms with E-state index in [1.54, 1.807) is 12.4 Å². The molecule has 5 nitrogen and oxygen atoms in total. The summed E-state index contributed by atoms with van der Waals surface area (Å²) in [6.07, 6.45) is 3.46. The molecule has 0 saturated carbocycles. The van der Waals surface area contributed by atoms with E-state index in [1.165, 1.54) is 0 Å². The number of rotatable bonds is 5. The lowest BCUT2D eigenvalue weighted by atomic mass is 10.2. The standard InChI is InChI=1S/C11H14N2O3/c14-11(15)6-13(10-7-16-8-10)5-9-2-1-3-12-4-9/h1-4,10H,5-8H2,(H,14,15). The van der Waals surface area contributed by atoms with Crippen molar-refractivity contribution in [1.82, 2.24) is 9.88 Å². The highest BCUT2D eigenvalue weighted by atomic mass is 16.5. The topological polar surface area (TPSA) is 62.7 Å². The number of ether oxygens (including phenoxy) is 1. The van der Waals surface area contributed by atoms with Crippen LogP contribution in [0.15, 0.2) is 24.5 Å². The Labute approximate surface area is 93.7 Å². The van der Waals surface area contributed by atoms with Crippen molar-refractivity contribution >= 4 is 5.97 Å². The number of carboxylic acids is 1. The van der Waals surface area contributed by atoms with Gasteiger partial charge < -0.3 is 9.84 Å². The smallest absolute Gasteiger partial charge is 0.317 e. The maximum absolute atomic E-state index is 10.7. The first kappa shape index (κ1) is 11.0. The van der Waals surface area contributed by atoms with Crippen LogP contribution >= 0.6 is 0 Å². The van der Waals surface area contributed by atoms with Crippen molar-refractivity contribution in [3.63, 3.8) is 0 Å². The van der Waals surface area contributed by atoms with Crippen LogP contribution in [0.5, 0.6) is 0 Å². The summed E-state index contributed by atoms with van der Waals surface area (Å²) in [6.45, 7) is 1.89. The minimum atomic E-state index is -0.809. The number of hydrogen-bond donors (Lipinski definition) is 1. The Morgan fingerprint density at radius 2 is 2.44 bits per heavy atom. The lowest BCUT2D eigenvalue weighted by molar-refractivity contribution is -0.142. The van der Waals surface area contributed by atoms with Gasteiger partial charge in [0.05, 0.1) is 25.8 Å². The molecule has 1 fully saturated rings. The minimum Gasteiger partial charge on any atom is -0.480 e. The summed E-state index contributed by atoms with van der Waals surface area (Å²) in [6, 6.07) is 4.02. The predicted molar refractivity (Wildman–Crippen MR) is 56.9 cm³/mol. The summed E-state index contributed by atoms with van der Waals surface area (Å²) in [4.78, 5) is 16.7. The van der Waals surface area contributed by atoms with Gasteiger partial charge >= 0.3 is 5.97 Å². The predicted octanol–water partition coefficient (Wildman–Crippen LogP) is 0.367. The highest BCUT2D eigenvalue weighted by Gasteiger charge is 2.27. The molecule has 86 valence electrons. The zero-order valence-electron chi connectivity index (χ0n) is 8.87. The number of pyridine rings is 1. The fourth-order valence-corrected chi connectivity index (χ4v) is 1.65. The molecule has 5 heteroatoms. The fourth-order valence-electron chi connectivity index (χ4n) is 1.65. The second-order valence-corrected chi connectivity index (χ2v) is 3.85. The van der Waals surface area contributed by atoms with Crippen molar-refractivity contribution in [2.75, 3.05) is 19.8 Å². The molecule has 0 spiro atoms. The van der Waals surface area contributed by atoms with E-state index in [9.17, 15) is 4.79 Å². The molecular formula is C11H14N2O3. The van der Waals surface area contributed by atoms with Crippen LogP contribution in [0.2, 0.25) is 0 Å². The summed E-state index contributed by atoms with van der Waals surface area (Å²) < 4.78 is 5.08. The molecule has 1 aromatic rings. The monoisotopic (exact) mass is 222 g/mol. The molecule has 1 aromatic heterocycles. The molecule has 0 atom stereocenters. The number of hydrogen-bond acceptors (Lipinski definition) is 4. The van der Waals surface area contributed by atoms with Crippen molar-refractivity contribution < 1.29 is 14.6 Å². The Hall–Kier alpha value is -1.46. The third-order valence-electron chi connectivity index (χ3n) is 2.58. The Morgan fingerprint density at radius 1 is 1.62 bits per heavy atom. The van der Waals surface area contributed by atoms with E-state index in [0.717, 1.165) is 5.56 Å². The van der Waals surface area contributed by atoms with Gasteiger partial charge in [-0.15, -0.1) is 0 Å². The maximum atomic E-state index is 10.7. The van der Waals surface area contributed by atoms with E-state index in [-0.39, 0.29) is 12.6 Å². The molecule has 0 amide bonds. The molecule has 1 aliphatic heterocycles. The quantitative estimate of drug-likeness (QED) is 0.779. The van der Waals surface area contributed by atoms with Gasteiger partial charge in [0.1, 0.15) is 0 Å². The molecule has 16 heavy (non-hydrogen) atoms. The molecule has 0 aliphatic carbocycles. The highest BCUT2D eigenvalue weighted by Crippen LogP contribution is 2.13. The molecule has 2 heterocycles. The van der Waals surface area contributed by atoms with E-state index >= 15 is 0 Å².